The number of hydrogen-bond acceptors (Lipinski definition) is 4. The van der Waals surface area contributed by atoms with Gasteiger partial charge in [-0.15, -0.1) is 11.3 Å². The van der Waals surface area contributed by atoms with E-state index in [1.165, 1.54) is 5.56 Å². The Hall–Kier alpha value is -1.88. The first-order chi connectivity index (χ1) is 9.20. The number of aryl methyl sites for hydroxylation is 2. The molecule has 3 rings (SSSR count). The van der Waals surface area contributed by atoms with Crippen molar-refractivity contribution in [3.63, 3.8) is 0 Å². The van der Waals surface area contributed by atoms with Gasteiger partial charge < -0.3 is 10.1 Å². The molecule has 19 heavy (non-hydrogen) atoms. The number of hydrogen-bond donors (Lipinski definition) is 1. The summed E-state index contributed by atoms with van der Waals surface area (Å²) in [6, 6.07) is 5.85. The van der Waals surface area contributed by atoms with Crippen LogP contribution in [0.5, 0.6) is 5.75 Å². The molecule has 1 aromatic heterocycles. The number of thiazole rings is 1. The number of nitrogens with one attached hydrogen (secondary N) is 1. The SMILES string of the molecule is Cc1ncc(COc2ccc3c(c2)NC(=O)CC3)s1. The highest BCUT2D eigenvalue weighted by molar-refractivity contribution is 7.11. The van der Waals surface area contributed by atoms with E-state index in [1.807, 2.05) is 31.3 Å². The quantitative estimate of drug-likeness (QED) is 0.936. The van der Waals surface area contributed by atoms with Crippen LogP contribution in [0.1, 0.15) is 21.9 Å². The second-order valence-corrected chi connectivity index (χ2v) is 5.82. The Labute approximate surface area is 115 Å². The first-order valence-electron chi connectivity index (χ1n) is 6.17. The van der Waals surface area contributed by atoms with Crippen LogP contribution in [-0.4, -0.2) is 10.9 Å². The number of rotatable bonds is 3. The molecule has 0 bridgehead atoms. The molecule has 0 unspecified atom stereocenters. The third-order valence-electron chi connectivity index (χ3n) is 3.03. The smallest absolute Gasteiger partial charge is 0.224 e. The molecule has 1 aliphatic rings. The summed E-state index contributed by atoms with van der Waals surface area (Å²) in [5, 5.41) is 3.91. The van der Waals surface area contributed by atoms with Gasteiger partial charge in [0.05, 0.1) is 9.88 Å². The molecule has 4 nitrogen and oxygen atoms in total. The third-order valence-corrected chi connectivity index (χ3v) is 3.91. The molecule has 98 valence electrons. The van der Waals surface area contributed by atoms with Crippen LogP contribution in [0, 0.1) is 6.92 Å². The zero-order chi connectivity index (χ0) is 13.2. The van der Waals surface area contributed by atoms with Crippen LogP contribution >= 0.6 is 11.3 Å². The minimum absolute atomic E-state index is 0.0720. The maximum absolute atomic E-state index is 11.4. The van der Waals surface area contributed by atoms with Crippen LogP contribution < -0.4 is 10.1 Å². The van der Waals surface area contributed by atoms with Gasteiger partial charge in [0.1, 0.15) is 12.4 Å². The van der Waals surface area contributed by atoms with Gasteiger partial charge in [-0.25, -0.2) is 4.98 Å². The van der Waals surface area contributed by atoms with Crippen LogP contribution in [0.4, 0.5) is 5.69 Å². The molecule has 1 aliphatic heterocycles. The van der Waals surface area contributed by atoms with Gasteiger partial charge in [-0.05, 0) is 25.0 Å². The van der Waals surface area contributed by atoms with Crippen molar-refractivity contribution >= 4 is 22.9 Å². The Morgan fingerprint density at radius 2 is 2.32 bits per heavy atom. The number of nitrogens with zero attached hydrogens (tertiary/aromatic N) is 1. The van der Waals surface area contributed by atoms with E-state index >= 15 is 0 Å². The normalized spacial score (nSPS) is 13.8. The first-order valence-corrected chi connectivity index (χ1v) is 6.99. The lowest BCUT2D eigenvalue weighted by molar-refractivity contribution is -0.116. The molecule has 2 heterocycles. The lowest BCUT2D eigenvalue weighted by Gasteiger charge is -2.17. The molecule has 1 aromatic carbocycles. The zero-order valence-corrected chi connectivity index (χ0v) is 11.4. The van der Waals surface area contributed by atoms with Crippen molar-refractivity contribution < 1.29 is 9.53 Å². The van der Waals surface area contributed by atoms with E-state index in [0.29, 0.717) is 13.0 Å². The summed E-state index contributed by atoms with van der Waals surface area (Å²) in [5.74, 6) is 0.842. The van der Waals surface area contributed by atoms with Crippen LogP contribution in [0.3, 0.4) is 0 Å². The van der Waals surface area contributed by atoms with Crippen molar-refractivity contribution in [3.05, 3.63) is 39.8 Å². The molecule has 0 atom stereocenters. The monoisotopic (exact) mass is 274 g/mol. The molecule has 5 heteroatoms. The Morgan fingerprint density at radius 1 is 1.42 bits per heavy atom. The van der Waals surface area contributed by atoms with Crippen LogP contribution in [0.25, 0.3) is 0 Å². The highest BCUT2D eigenvalue weighted by atomic mass is 32.1. The Balaban J connectivity index is 1.71. The van der Waals surface area contributed by atoms with Gasteiger partial charge >= 0.3 is 0 Å². The highest BCUT2D eigenvalue weighted by Gasteiger charge is 2.15. The second-order valence-electron chi connectivity index (χ2n) is 4.50. The molecule has 0 fully saturated rings. The largest absolute Gasteiger partial charge is 0.488 e. The van der Waals surface area contributed by atoms with Gasteiger partial charge in [-0.1, -0.05) is 6.07 Å². The van der Waals surface area contributed by atoms with E-state index < -0.39 is 0 Å². The number of carbonyl (C=O) groups is 1. The summed E-state index contributed by atoms with van der Waals surface area (Å²) in [4.78, 5) is 16.6. The average molecular weight is 274 g/mol. The highest BCUT2D eigenvalue weighted by Crippen LogP contribution is 2.27. The fourth-order valence-corrected chi connectivity index (χ4v) is 2.78. The van der Waals surface area contributed by atoms with Crippen molar-refractivity contribution in [1.82, 2.24) is 4.98 Å². The summed E-state index contributed by atoms with van der Waals surface area (Å²) in [6.45, 7) is 2.49. The topological polar surface area (TPSA) is 51.2 Å². The van der Waals surface area contributed by atoms with Gasteiger partial charge in [0.2, 0.25) is 5.91 Å². The molecule has 0 radical (unpaired) electrons. The third kappa shape index (κ3) is 2.76. The maximum atomic E-state index is 11.4. The Morgan fingerprint density at radius 3 is 3.11 bits per heavy atom. The van der Waals surface area contributed by atoms with E-state index in [2.05, 4.69) is 10.3 Å². The van der Waals surface area contributed by atoms with Crippen molar-refractivity contribution in [2.24, 2.45) is 0 Å². The molecule has 0 aliphatic carbocycles. The summed E-state index contributed by atoms with van der Waals surface area (Å²) in [5.41, 5.74) is 2.04. The molecular weight excluding hydrogens is 260 g/mol. The van der Waals surface area contributed by atoms with Crippen LogP contribution in [0.15, 0.2) is 24.4 Å². The van der Waals surface area contributed by atoms with E-state index in [4.69, 9.17) is 4.74 Å². The van der Waals surface area contributed by atoms with Crippen molar-refractivity contribution in [2.75, 3.05) is 5.32 Å². The minimum atomic E-state index is 0.0720. The first kappa shape index (κ1) is 12.2. The lowest BCUT2D eigenvalue weighted by atomic mass is 10.0. The number of aromatic nitrogens is 1. The molecule has 1 amide bonds. The molecular formula is C14H14N2O2S. The second kappa shape index (κ2) is 5.01. The molecule has 1 N–H and O–H groups in total. The number of benzene rings is 1. The van der Waals surface area contributed by atoms with E-state index in [-0.39, 0.29) is 5.91 Å². The van der Waals surface area contributed by atoms with Crippen LogP contribution in [0.2, 0.25) is 0 Å². The van der Waals surface area contributed by atoms with Crippen molar-refractivity contribution in [3.8, 4) is 5.75 Å². The summed E-state index contributed by atoms with van der Waals surface area (Å²) in [7, 11) is 0. The number of amides is 1. The Bertz CT molecular complexity index is 622. The molecule has 0 saturated heterocycles. The average Bonchev–Trinajstić information content (AvgIpc) is 2.81. The van der Waals surface area contributed by atoms with Gasteiger partial charge in [-0.2, -0.15) is 0 Å². The number of fused-ring (bicyclic) bond motifs is 1. The van der Waals surface area contributed by atoms with Gasteiger partial charge in [0, 0.05) is 24.4 Å². The maximum Gasteiger partial charge on any atom is 0.224 e. The molecule has 0 spiro atoms. The minimum Gasteiger partial charge on any atom is -0.488 e. The number of anilines is 1. The van der Waals surface area contributed by atoms with Crippen LogP contribution in [-0.2, 0) is 17.8 Å². The van der Waals surface area contributed by atoms with Crippen molar-refractivity contribution in [1.29, 1.82) is 0 Å². The Kier molecular flexibility index (Phi) is 3.21. The predicted molar refractivity (Wildman–Crippen MR) is 74.6 cm³/mol. The van der Waals surface area contributed by atoms with Crippen molar-refractivity contribution in [2.45, 2.75) is 26.4 Å². The van der Waals surface area contributed by atoms with Gasteiger partial charge in [-0.3, -0.25) is 4.79 Å². The predicted octanol–water partition coefficient (Wildman–Crippen LogP) is 2.92. The molecule has 0 saturated carbocycles. The number of ether oxygens (including phenoxy) is 1. The summed E-state index contributed by atoms with van der Waals surface area (Å²) >= 11 is 1.63. The lowest BCUT2D eigenvalue weighted by Crippen LogP contribution is -2.18. The van der Waals surface area contributed by atoms with Gasteiger partial charge in [0.25, 0.3) is 0 Å². The number of carbonyl (C=O) groups excluding carboxylic acids is 1. The fraction of sp³-hybridized carbons (Fsp3) is 0.286. The summed E-state index contributed by atoms with van der Waals surface area (Å²) < 4.78 is 5.73. The van der Waals surface area contributed by atoms with Gasteiger partial charge in [0.15, 0.2) is 0 Å². The fourth-order valence-electron chi connectivity index (χ4n) is 2.07. The summed E-state index contributed by atoms with van der Waals surface area (Å²) in [6.07, 6.45) is 3.20. The zero-order valence-electron chi connectivity index (χ0n) is 10.6. The van der Waals surface area contributed by atoms with E-state index in [1.54, 1.807) is 11.3 Å². The van der Waals surface area contributed by atoms with E-state index in [9.17, 15) is 4.79 Å². The van der Waals surface area contributed by atoms with E-state index in [0.717, 1.165) is 27.7 Å². The standard InChI is InChI=1S/C14H14N2O2S/c1-9-15-7-12(19-9)8-18-11-4-2-10-3-5-14(17)16-13(10)6-11/h2,4,6-7H,3,5,8H2,1H3,(H,16,17). The molecule has 2 aromatic rings.